The fourth-order valence-electron chi connectivity index (χ4n) is 1.67. The number of nitrogens with one attached hydrogen (secondary N) is 1. The fourth-order valence-corrected chi connectivity index (χ4v) is 2.13. The summed E-state index contributed by atoms with van der Waals surface area (Å²) in [6.45, 7) is 1.68. The van der Waals surface area contributed by atoms with Crippen LogP contribution in [-0.2, 0) is 0 Å². The zero-order valence-electron chi connectivity index (χ0n) is 8.97. The minimum atomic E-state index is 0.726. The smallest absolute Gasteiger partial charge is 0.163 e. The van der Waals surface area contributed by atoms with Crippen molar-refractivity contribution >= 4 is 39.1 Å². The number of benzene rings is 1. The Kier molecular flexibility index (Phi) is 2.64. The lowest BCUT2D eigenvalue weighted by atomic mass is 10.3. The number of nitrogens with zero attached hydrogens (tertiary/aromatic N) is 4. The van der Waals surface area contributed by atoms with Crippen molar-refractivity contribution in [2.45, 2.75) is 0 Å². The minimum absolute atomic E-state index is 0.726. The first-order chi connectivity index (χ1) is 8.33. The average molecular weight is 292 g/mol. The van der Waals surface area contributed by atoms with Crippen molar-refractivity contribution in [1.82, 2.24) is 15.0 Å². The highest BCUT2D eigenvalue weighted by Gasteiger charge is 2.07. The minimum Gasteiger partial charge on any atom is -0.279 e. The van der Waals surface area contributed by atoms with Gasteiger partial charge in [0.1, 0.15) is 11.9 Å². The van der Waals surface area contributed by atoms with Gasteiger partial charge in [0.15, 0.2) is 5.82 Å². The van der Waals surface area contributed by atoms with Crippen LogP contribution in [-0.4, -0.2) is 34.4 Å². The summed E-state index contributed by atoms with van der Waals surface area (Å²) in [5.74, 6) is 0.726. The summed E-state index contributed by atoms with van der Waals surface area (Å²) in [7, 11) is 0. The number of anilines is 1. The molecule has 0 saturated carbocycles. The maximum absolute atomic E-state index is 4.49. The summed E-state index contributed by atoms with van der Waals surface area (Å²) >= 11 is 3.46. The Morgan fingerprint density at radius 3 is 3.12 bits per heavy atom. The third-order valence-corrected chi connectivity index (χ3v) is 3.11. The van der Waals surface area contributed by atoms with Crippen molar-refractivity contribution in [2.24, 2.45) is 4.99 Å². The van der Waals surface area contributed by atoms with Gasteiger partial charge in [-0.25, -0.2) is 9.97 Å². The molecule has 0 saturated heterocycles. The molecule has 2 heterocycles. The number of fused-ring (bicyclic) bond motifs is 1. The molecular formula is C11H10BrN5. The van der Waals surface area contributed by atoms with E-state index < -0.39 is 0 Å². The topological polar surface area (TPSA) is 53.4 Å². The quantitative estimate of drug-likeness (QED) is 0.920. The second-order valence-corrected chi connectivity index (χ2v) is 4.54. The first kappa shape index (κ1) is 10.5. The largest absolute Gasteiger partial charge is 0.279 e. The maximum atomic E-state index is 4.49. The third-order valence-electron chi connectivity index (χ3n) is 2.47. The lowest BCUT2D eigenvalue weighted by Gasteiger charge is -2.15. The molecule has 6 heteroatoms. The molecule has 0 spiro atoms. The highest BCUT2D eigenvalue weighted by atomic mass is 79.9. The number of halogens is 1. The Balaban J connectivity index is 1.93. The molecule has 3 rings (SSSR count). The van der Waals surface area contributed by atoms with Gasteiger partial charge in [0.25, 0.3) is 0 Å². The molecule has 0 unspecified atom stereocenters. The number of hydrogen-bond donors (Lipinski definition) is 1. The number of hydrazine groups is 1. The van der Waals surface area contributed by atoms with Gasteiger partial charge in [0.2, 0.25) is 0 Å². The van der Waals surface area contributed by atoms with Crippen molar-refractivity contribution in [2.75, 3.05) is 18.5 Å². The molecule has 86 valence electrons. The lowest BCUT2D eigenvalue weighted by molar-refractivity contribution is 0.554. The third kappa shape index (κ3) is 2.08. The SMILES string of the molecule is Brc1cccc2nc(NN3C=NCC3)cnc12. The van der Waals surface area contributed by atoms with Crippen molar-refractivity contribution in [3.63, 3.8) is 0 Å². The van der Waals surface area contributed by atoms with Gasteiger partial charge in [-0.05, 0) is 28.1 Å². The van der Waals surface area contributed by atoms with E-state index in [9.17, 15) is 0 Å². The molecule has 0 aliphatic carbocycles. The van der Waals surface area contributed by atoms with E-state index in [1.54, 1.807) is 12.5 Å². The molecule has 1 N–H and O–H groups in total. The Labute approximate surface area is 107 Å². The van der Waals surface area contributed by atoms with Gasteiger partial charge in [-0.2, -0.15) is 0 Å². The van der Waals surface area contributed by atoms with Crippen LogP contribution in [0.2, 0.25) is 0 Å². The van der Waals surface area contributed by atoms with Gasteiger partial charge in [0, 0.05) is 4.47 Å². The van der Waals surface area contributed by atoms with Crippen LogP contribution in [0.3, 0.4) is 0 Å². The molecule has 1 aromatic carbocycles. The molecule has 1 aliphatic rings. The van der Waals surface area contributed by atoms with Gasteiger partial charge in [-0.1, -0.05) is 6.07 Å². The molecular weight excluding hydrogens is 282 g/mol. The van der Waals surface area contributed by atoms with Crippen LogP contribution in [0.25, 0.3) is 11.0 Å². The Morgan fingerprint density at radius 2 is 2.29 bits per heavy atom. The van der Waals surface area contributed by atoms with E-state index in [0.29, 0.717) is 0 Å². The predicted octanol–water partition coefficient (Wildman–Crippen LogP) is 2.06. The first-order valence-electron chi connectivity index (χ1n) is 5.27. The van der Waals surface area contributed by atoms with Crippen LogP contribution >= 0.6 is 15.9 Å². The van der Waals surface area contributed by atoms with Crippen LogP contribution in [0.4, 0.5) is 5.82 Å². The van der Waals surface area contributed by atoms with E-state index in [1.807, 2.05) is 23.2 Å². The van der Waals surface area contributed by atoms with Crippen molar-refractivity contribution in [3.8, 4) is 0 Å². The molecule has 0 bridgehead atoms. The molecule has 2 aromatic rings. The Morgan fingerprint density at radius 1 is 1.35 bits per heavy atom. The van der Waals surface area contributed by atoms with Gasteiger partial charge in [0.05, 0.1) is 24.8 Å². The molecule has 0 radical (unpaired) electrons. The monoisotopic (exact) mass is 291 g/mol. The van der Waals surface area contributed by atoms with Gasteiger partial charge in [-0.3, -0.25) is 15.4 Å². The fraction of sp³-hybridized carbons (Fsp3) is 0.182. The summed E-state index contributed by atoms with van der Waals surface area (Å²) in [5.41, 5.74) is 4.88. The number of aromatic nitrogens is 2. The predicted molar refractivity (Wildman–Crippen MR) is 70.9 cm³/mol. The molecule has 1 aliphatic heterocycles. The zero-order valence-corrected chi connectivity index (χ0v) is 10.6. The normalized spacial score (nSPS) is 14.5. The summed E-state index contributed by atoms with van der Waals surface area (Å²) in [6, 6.07) is 5.84. The van der Waals surface area contributed by atoms with E-state index in [1.165, 1.54) is 0 Å². The molecule has 0 fully saturated rings. The van der Waals surface area contributed by atoms with Gasteiger partial charge >= 0.3 is 0 Å². The van der Waals surface area contributed by atoms with Crippen molar-refractivity contribution < 1.29 is 0 Å². The van der Waals surface area contributed by atoms with Crippen LogP contribution in [0, 0.1) is 0 Å². The molecule has 0 atom stereocenters. The number of rotatable bonds is 2. The summed E-state index contributed by atoms with van der Waals surface area (Å²) in [4.78, 5) is 13.0. The average Bonchev–Trinajstić information content (AvgIpc) is 2.82. The number of aliphatic imine (C=N–C) groups is 1. The Hall–Kier alpha value is -1.69. The van der Waals surface area contributed by atoms with Crippen LogP contribution in [0.1, 0.15) is 0 Å². The van der Waals surface area contributed by atoms with E-state index in [4.69, 9.17) is 0 Å². The van der Waals surface area contributed by atoms with Crippen LogP contribution < -0.4 is 5.43 Å². The molecule has 1 aromatic heterocycles. The van der Waals surface area contributed by atoms with Crippen LogP contribution in [0.5, 0.6) is 0 Å². The second-order valence-electron chi connectivity index (χ2n) is 3.69. The van der Waals surface area contributed by atoms with E-state index in [0.717, 1.165) is 34.4 Å². The summed E-state index contributed by atoms with van der Waals surface area (Å²) in [6.07, 6.45) is 3.49. The number of para-hydroxylation sites is 1. The summed E-state index contributed by atoms with van der Waals surface area (Å²) < 4.78 is 0.955. The van der Waals surface area contributed by atoms with Gasteiger partial charge < -0.3 is 0 Å². The molecule has 0 amide bonds. The molecule has 17 heavy (non-hydrogen) atoms. The van der Waals surface area contributed by atoms with Crippen LogP contribution in [0.15, 0.2) is 33.9 Å². The first-order valence-corrected chi connectivity index (χ1v) is 6.07. The van der Waals surface area contributed by atoms with Crippen molar-refractivity contribution in [1.29, 1.82) is 0 Å². The highest BCUT2D eigenvalue weighted by molar-refractivity contribution is 9.10. The van der Waals surface area contributed by atoms with E-state index in [-0.39, 0.29) is 0 Å². The second kappa shape index (κ2) is 4.29. The summed E-state index contributed by atoms with van der Waals surface area (Å²) in [5, 5.41) is 1.90. The Bertz CT molecular complexity index is 583. The van der Waals surface area contributed by atoms with Gasteiger partial charge in [-0.15, -0.1) is 0 Å². The lowest BCUT2D eigenvalue weighted by Crippen LogP contribution is -2.27. The highest BCUT2D eigenvalue weighted by Crippen LogP contribution is 2.21. The molecule has 5 nitrogen and oxygen atoms in total. The van der Waals surface area contributed by atoms with Crippen molar-refractivity contribution in [3.05, 3.63) is 28.9 Å². The standard InChI is InChI=1S/C11H10BrN5/c12-8-2-1-3-9-11(8)14-6-10(15-9)16-17-5-4-13-7-17/h1-3,6-7H,4-5H2,(H,15,16). The zero-order chi connectivity index (χ0) is 11.7. The van der Waals surface area contributed by atoms with E-state index >= 15 is 0 Å². The van der Waals surface area contributed by atoms with E-state index in [2.05, 4.69) is 36.3 Å². The maximum Gasteiger partial charge on any atom is 0.163 e. The number of hydrogen-bond acceptors (Lipinski definition) is 5.